The molecule has 0 spiro atoms. The Labute approximate surface area is 201 Å². The van der Waals surface area contributed by atoms with Gasteiger partial charge in [-0.15, -0.1) is 0 Å². The number of nitrogens with one attached hydrogen (secondary N) is 2. The number of allylic oxidation sites excluding steroid dienone is 4. The Morgan fingerprint density at radius 3 is 2.46 bits per heavy atom. The van der Waals surface area contributed by atoms with Gasteiger partial charge in [0.15, 0.2) is 11.5 Å². The highest BCUT2D eigenvalue weighted by molar-refractivity contribution is 5.95. The van der Waals surface area contributed by atoms with E-state index in [4.69, 9.17) is 9.97 Å². The highest BCUT2D eigenvalue weighted by atomic mass is 19.1. The largest absolute Gasteiger partial charge is 0.378 e. The average molecular weight is 466 g/mol. The fraction of sp³-hybridized carbons (Fsp3) is 0.111. The van der Waals surface area contributed by atoms with E-state index in [0.717, 1.165) is 33.6 Å². The SMILES string of the molecule is C=C/C(=C\C(=C/C)c1ccc2[nH]nc(-c3nc4c(-c5ccc(F)cc5)nccc4[nH]3)c2n1)N(C)C. The minimum Gasteiger partial charge on any atom is -0.378 e. The molecule has 0 bridgehead atoms. The smallest absolute Gasteiger partial charge is 0.161 e. The van der Waals surface area contributed by atoms with Crippen molar-refractivity contribution in [3.63, 3.8) is 0 Å². The first-order valence-electron chi connectivity index (χ1n) is 11.1. The summed E-state index contributed by atoms with van der Waals surface area (Å²) in [5.74, 6) is 0.277. The summed E-state index contributed by atoms with van der Waals surface area (Å²) in [6.07, 6.45) is 7.58. The summed E-state index contributed by atoms with van der Waals surface area (Å²) >= 11 is 0. The van der Waals surface area contributed by atoms with Crippen LogP contribution in [-0.2, 0) is 0 Å². The van der Waals surface area contributed by atoms with Gasteiger partial charge < -0.3 is 9.88 Å². The highest BCUT2D eigenvalue weighted by Crippen LogP contribution is 2.30. The maximum absolute atomic E-state index is 13.4. The number of rotatable bonds is 6. The van der Waals surface area contributed by atoms with Gasteiger partial charge in [0.1, 0.15) is 16.9 Å². The quantitative estimate of drug-likeness (QED) is 0.313. The van der Waals surface area contributed by atoms with Gasteiger partial charge in [-0.25, -0.2) is 14.4 Å². The van der Waals surface area contributed by atoms with Crippen LogP contribution in [0.15, 0.2) is 79.2 Å². The lowest BCUT2D eigenvalue weighted by Gasteiger charge is -2.14. The molecule has 0 fully saturated rings. The zero-order valence-electron chi connectivity index (χ0n) is 19.7. The summed E-state index contributed by atoms with van der Waals surface area (Å²) in [6.45, 7) is 5.88. The first-order valence-corrected chi connectivity index (χ1v) is 11.1. The van der Waals surface area contributed by atoms with Crippen LogP contribution in [-0.4, -0.2) is 49.1 Å². The second-order valence-corrected chi connectivity index (χ2v) is 8.22. The van der Waals surface area contributed by atoms with Crippen LogP contribution in [0.4, 0.5) is 4.39 Å². The second-order valence-electron chi connectivity index (χ2n) is 8.22. The predicted molar refractivity (Wildman–Crippen MR) is 138 cm³/mol. The van der Waals surface area contributed by atoms with E-state index in [0.29, 0.717) is 28.2 Å². The van der Waals surface area contributed by atoms with E-state index in [1.807, 2.05) is 62.3 Å². The molecule has 0 amide bonds. The van der Waals surface area contributed by atoms with Crippen molar-refractivity contribution in [2.45, 2.75) is 6.92 Å². The molecule has 4 aromatic heterocycles. The normalized spacial score (nSPS) is 12.5. The number of benzene rings is 1. The lowest BCUT2D eigenvalue weighted by Crippen LogP contribution is -2.09. The number of pyridine rings is 2. The van der Waals surface area contributed by atoms with E-state index < -0.39 is 0 Å². The molecule has 0 aliphatic rings. The minimum atomic E-state index is -0.297. The maximum Gasteiger partial charge on any atom is 0.161 e. The molecule has 7 nitrogen and oxygen atoms in total. The number of nitrogens with zero attached hydrogens (tertiary/aromatic N) is 5. The summed E-state index contributed by atoms with van der Waals surface area (Å²) in [4.78, 5) is 19.5. The zero-order chi connectivity index (χ0) is 24.5. The number of likely N-dealkylation sites (N-methyl/N-ethyl adjacent to an activating group) is 1. The van der Waals surface area contributed by atoms with Crippen LogP contribution in [0.2, 0.25) is 0 Å². The molecule has 174 valence electrons. The summed E-state index contributed by atoms with van der Waals surface area (Å²) in [5.41, 5.74) is 7.81. The van der Waals surface area contributed by atoms with Crippen molar-refractivity contribution in [1.82, 2.24) is 35.0 Å². The van der Waals surface area contributed by atoms with Crippen LogP contribution in [0.3, 0.4) is 0 Å². The Kier molecular flexibility index (Phi) is 5.70. The molecule has 0 atom stereocenters. The number of halogens is 1. The van der Waals surface area contributed by atoms with E-state index in [9.17, 15) is 4.39 Å². The van der Waals surface area contributed by atoms with E-state index in [-0.39, 0.29) is 5.82 Å². The number of H-pyrrole nitrogens is 2. The lowest BCUT2D eigenvalue weighted by molar-refractivity contribution is 0.530. The zero-order valence-corrected chi connectivity index (χ0v) is 19.7. The van der Waals surface area contributed by atoms with Gasteiger partial charge >= 0.3 is 0 Å². The molecule has 0 unspecified atom stereocenters. The van der Waals surface area contributed by atoms with Crippen molar-refractivity contribution >= 4 is 27.6 Å². The van der Waals surface area contributed by atoms with Gasteiger partial charge in [-0.05, 0) is 67.1 Å². The molecule has 35 heavy (non-hydrogen) atoms. The van der Waals surface area contributed by atoms with Crippen molar-refractivity contribution < 1.29 is 4.39 Å². The van der Waals surface area contributed by atoms with Crippen LogP contribution in [0.25, 0.3) is 50.4 Å². The molecule has 2 N–H and O–H groups in total. The number of aromatic amines is 2. The first kappa shape index (κ1) is 22.2. The van der Waals surface area contributed by atoms with Crippen molar-refractivity contribution in [1.29, 1.82) is 0 Å². The number of aromatic nitrogens is 6. The summed E-state index contributed by atoms with van der Waals surface area (Å²) in [6, 6.07) is 12.0. The van der Waals surface area contributed by atoms with Gasteiger partial charge in [-0.3, -0.25) is 10.1 Å². The number of hydrogen-bond donors (Lipinski definition) is 2. The maximum atomic E-state index is 13.4. The van der Waals surface area contributed by atoms with E-state index >= 15 is 0 Å². The molecule has 0 saturated heterocycles. The monoisotopic (exact) mass is 465 g/mol. The van der Waals surface area contributed by atoms with Gasteiger partial charge in [0.2, 0.25) is 0 Å². The third-order valence-electron chi connectivity index (χ3n) is 5.79. The fourth-order valence-electron chi connectivity index (χ4n) is 3.93. The number of imidazole rings is 1. The minimum absolute atomic E-state index is 0.297. The molecule has 5 aromatic rings. The van der Waals surface area contributed by atoms with E-state index in [1.54, 1.807) is 18.3 Å². The third kappa shape index (κ3) is 4.10. The standard InChI is InChI=1S/C27H24FN7/c1-5-16(15-19(6-2)35(3)4)20-11-12-22-25(30-20)26(34-33-22)27-31-21-13-14-29-23(24(21)32-27)17-7-9-18(28)10-8-17/h5-15H,2H2,1,3-4H3,(H,31,32)(H,33,34)/b16-5+,19-15+. The third-order valence-corrected chi connectivity index (χ3v) is 5.79. The molecule has 0 radical (unpaired) electrons. The van der Waals surface area contributed by atoms with Gasteiger partial charge in [0.25, 0.3) is 0 Å². The average Bonchev–Trinajstić information content (AvgIpc) is 3.48. The Balaban J connectivity index is 1.61. The molecule has 1 aromatic carbocycles. The van der Waals surface area contributed by atoms with Gasteiger partial charge in [0, 0.05) is 31.6 Å². The Hall–Kier alpha value is -4.59. The van der Waals surface area contributed by atoms with Crippen molar-refractivity contribution in [2.75, 3.05) is 14.1 Å². The predicted octanol–water partition coefficient (Wildman–Crippen LogP) is 5.74. The van der Waals surface area contributed by atoms with Gasteiger partial charge in [-0.1, -0.05) is 12.7 Å². The number of fused-ring (bicyclic) bond motifs is 2. The molecule has 5 rings (SSSR count). The van der Waals surface area contributed by atoms with Gasteiger partial charge in [-0.2, -0.15) is 5.10 Å². The van der Waals surface area contributed by atoms with E-state index in [1.165, 1.54) is 12.1 Å². The Morgan fingerprint density at radius 1 is 0.971 bits per heavy atom. The van der Waals surface area contributed by atoms with Crippen molar-refractivity contribution in [3.8, 4) is 22.8 Å². The topological polar surface area (TPSA) is 86.4 Å². The Morgan fingerprint density at radius 2 is 1.74 bits per heavy atom. The molecular formula is C27H24FN7. The highest BCUT2D eigenvalue weighted by Gasteiger charge is 2.17. The molecule has 0 saturated carbocycles. The Bertz CT molecular complexity index is 1600. The van der Waals surface area contributed by atoms with Crippen molar-refractivity contribution in [3.05, 3.63) is 90.7 Å². The summed E-state index contributed by atoms with van der Waals surface area (Å²) < 4.78 is 13.4. The summed E-state index contributed by atoms with van der Waals surface area (Å²) in [5, 5.41) is 7.54. The molecular weight excluding hydrogens is 441 g/mol. The van der Waals surface area contributed by atoms with Crippen LogP contribution in [0.5, 0.6) is 0 Å². The van der Waals surface area contributed by atoms with Gasteiger partial charge in [0.05, 0.1) is 22.4 Å². The van der Waals surface area contributed by atoms with Crippen LogP contribution in [0, 0.1) is 5.82 Å². The molecule has 4 heterocycles. The summed E-state index contributed by atoms with van der Waals surface area (Å²) in [7, 11) is 3.95. The van der Waals surface area contributed by atoms with E-state index in [2.05, 4.69) is 26.7 Å². The fourth-order valence-corrected chi connectivity index (χ4v) is 3.93. The molecule has 0 aliphatic carbocycles. The first-order chi connectivity index (χ1) is 17.0. The molecule has 8 heteroatoms. The van der Waals surface area contributed by atoms with Crippen molar-refractivity contribution in [2.24, 2.45) is 0 Å². The van der Waals surface area contributed by atoms with Crippen LogP contribution >= 0.6 is 0 Å². The number of hydrogen-bond acceptors (Lipinski definition) is 5. The lowest BCUT2D eigenvalue weighted by atomic mass is 10.1. The second kappa shape index (κ2) is 8.98. The van der Waals surface area contributed by atoms with Crippen LogP contribution < -0.4 is 0 Å². The van der Waals surface area contributed by atoms with Crippen LogP contribution in [0.1, 0.15) is 12.6 Å². The molecule has 0 aliphatic heterocycles.